The minimum atomic E-state index is -1.19. The number of phenols is 1. The first-order chi connectivity index (χ1) is 15.9. The number of fused-ring (bicyclic) bond motifs is 1. The first-order valence-corrected chi connectivity index (χ1v) is 9.94. The lowest BCUT2D eigenvalue weighted by Gasteiger charge is -2.11. The number of rotatable bonds is 7. The number of nitrogens with zero attached hydrogens (tertiary/aromatic N) is 2. The molecule has 1 heterocycles. The third-order valence-electron chi connectivity index (χ3n) is 4.95. The van der Waals surface area contributed by atoms with E-state index < -0.39 is 5.97 Å². The quantitative estimate of drug-likeness (QED) is 0.337. The number of phenolic OH excluding ortho intramolecular Hbond substituents is 1. The summed E-state index contributed by atoms with van der Waals surface area (Å²) in [6, 6.07) is 16.6. The number of benzene rings is 3. The van der Waals surface area contributed by atoms with Crippen LogP contribution in [0.2, 0.25) is 0 Å². The van der Waals surface area contributed by atoms with Crippen LogP contribution in [0.4, 0.5) is 11.5 Å². The van der Waals surface area contributed by atoms with Crippen molar-refractivity contribution >= 4 is 34.3 Å². The Morgan fingerprint density at radius 3 is 2.55 bits per heavy atom. The SMILES string of the molecule is COc1ccc(C(=O)Nc2cccc(CNc3ncnc4c(C(=O)O)cc(O)cc34)c2)cc1. The second-order valence-electron chi connectivity index (χ2n) is 7.15. The van der Waals surface area contributed by atoms with E-state index in [0.717, 1.165) is 11.6 Å². The highest BCUT2D eigenvalue weighted by molar-refractivity contribution is 6.05. The van der Waals surface area contributed by atoms with Gasteiger partial charge in [-0.15, -0.1) is 0 Å². The van der Waals surface area contributed by atoms with Crippen molar-refractivity contribution in [3.8, 4) is 11.5 Å². The van der Waals surface area contributed by atoms with Gasteiger partial charge in [-0.2, -0.15) is 0 Å². The molecule has 0 spiro atoms. The van der Waals surface area contributed by atoms with Crippen molar-refractivity contribution in [2.45, 2.75) is 6.54 Å². The molecule has 166 valence electrons. The molecule has 4 N–H and O–H groups in total. The Labute approximate surface area is 188 Å². The van der Waals surface area contributed by atoms with E-state index in [2.05, 4.69) is 20.6 Å². The van der Waals surface area contributed by atoms with Gasteiger partial charge in [-0.1, -0.05) is 12.1 Å². The number of aromatic carboxylic acids is 1. The number of carbonyl (C=O) groups excluding carboxylic acids is 1. The summed E-state index contributed by atoms with van der Waals surface area (Å²) in [5.41, 5.74) is 2.08. The summed E-state index contributed by atoms with van der Waals surface area (Å²) >= 11 is 0. The lowest BCUT2D eigenvalue weighted by molar-refractivity contribution is 0.0698. The zero-order valence-electron chi connectivity index (χ0n) is 17.6. The molecule has 0 atom stereocenters. The molecular formula is C24H20N4O5. The van der Waals surface area contributed by atoms with Crippen molar-refractivity contribution in [1.29, 1.82) is 0 Å². The summed E-state index contributed by atoms with van der Waals surface area (Å²) in [5, 5.41) is 25.7. The van der Waals surface area contributed by atoms with Crippen molar-refractivity contribution in [3.63, 3.8) is 0 Å². The highest BCUT2D eigenvalue weighted by Gasteiger charge is 2.15. The van der Waals surface area contributed by atoms with E-state index in [4.69, 9.17) is 4.74 Å². The molecule has 0 aliphatic carbocycles. The van der Waals surface area contributed by atoms with E-state index in [-0.39, 0.29) is 22.7 Å². The molecule has 4 rings (SSSR count). The standard InChI is InChI=1S/C24H20N4O5/c1-33-18-7-5-15(6-8-18)23(30)28-16-4-2-3-14(9-16)12-25-22-19-10-17(29)11-20(24(31)32)21(19)26-13-27-22/h2-11,13,29H,12H2,1H3,(H,28,30)(H,31,32)(H,25,26,27). The van der Waals surface area contributed by atoms with E-state index in [1.165, 1.54) is 12.4 Å². The number of aromatic nitrogens is 2. The van der Waals surface area contributed by atoms with E-state index >= 15 is 0 Å². The molecule has 33 heavy (non-hydrogen) atoms. The molecule has 4 aromatic rings. The molecule has 0 bridgehead atoms. The van der Waals surface area contributed by atoms with Crippen molar-refractivity contribution in [2.75, 3.05) is 17.7 Å². The molecule has 9 nitrogen and oxygen atoms in total. The van der Waals surface area contributed by atoms with Crippen LogP contribution < -0.4 is 15.4 Å². The van der Waals surface area contributed by atoms with Crippen LogP contribution >= 0.6 is 0 Å². The number of aromatic hydroxyl groups is 1. The maximum atomic E-state index is 12.5. The zero-order valence-corrected chi connectivity index (χ0v) is 17.6. The van der Waals surface area contributed by atoms with Crippen LogP contribution in [-0.4, -0.2) is 39.2 Å². The fourth-order valence-electron chi connectivity index (χ4n) is 3.35. The average Bonchev–Trinajstić information content (AvgIpc) is 2.82. The van der Waals surface area contributed by atoms with E-state index in [9.17, 15) is 19.8 Å². The molecule has 3 aromatic carbocycles. The molecule has 9 heteroatoms. The summed E-state index contributed by atoms with van der Waals surface area (Å²) in [6.45, 7) is 0.344. The van der Waals surface area contributed by atoms with Crippen molar-refractivity contribution < 1.29 is 24.5 Å². The molecule has 0 aliphatic heterocycles. The number of carbonyl (C=O) groups is 2. The second-order valence-corrected chi connectivity index (χ2v) is 7.15. The smallest absolute Gasteiger partial charge is 0.338 e. The van der Waals surface area contributed by atoms with Gasteiger partial charge in [-0.25, -0.2) is 14.8 Å². The van der Waals surface area contributed by atoms with Gasteiger partial charge in [0.05, 0.1) is 18.2 Å². The number of carboxylic acid groups (broad SMARTS) is 1. The Hall–Kier alpha value is -4.66. The van der Waals surface area contributed by atoms with Crippen LogP contribution in [0.25, 0.3) is 10.9 Å². The predicted molar refractivity (Wildman–Crippen MR) is 123 cm³/mol. The summed E-state index contributed by atoms with van der Waals surface area (Å²) in [4.78, 5) is 32.2. The van der Waals surface area contributed by atoms with Crippen molar-refractivity contribution in [2.24, 2.45) is 0 Å². The van der Waals surface area contributed by atoms with Gasteiger partial charge in [0.2, 0.25) is 0 Å². The number of amides is 1. The van der Waals surface area contributed by atoms with Crippen LogP contribution in [-0.2, 0) is 6.54 Å². The number of anilines is 2. The zero-order chi connectivity index (χ0) is 23.4. The van der Waals surface area contributed by atoms with Gasteiger partial charge in [0.1, 0.15) is 23.6 Å². The highest BCUT2D eigenvalue weighted by atomic mass is 16.5. The van der Waals surface area contributed by atoms with Crippen LogP contribution in [0.15, 0.2) is 67.0 Å². The first kappa shape index (κ1) is 21.6. The normalized spacial score (nSPS) is 10.6. The third-order valence-corrected chi connectivity index (χ3v) is 4.95. The average molecular weight is 444 g/mol. The van der Waals surface area contributed by atoms with Crippen molar-refractivity contribution in [1.82, 2.24) is 9.97 Å². The van der Waals surface area contributed by atoms with Gasteiger partial charge in [0.15, 0.2) is 0 Å². The fraction of sp³-hybridized carbons (Fsp3) is 0.0833. The number of methoxy groups -OCH3 is 1. The minimum absolute atomic E-state index is 0.112. The summed E-state index contributed by atoms with van der Waals surface area (Å²) in [5.74, 6) is -0.588. The Morgan fingerprint density at radius 2 is 1.82 bits per heavy atom. The maximum absolute atomic E-state index is 12.5. The molecule has 0 unspecified atom stereocenters. The molecular weight excluding hydrogens is 424 g/mol. The first-order valence-electron chi connectivity index (χ1n) is 9.94. The fourth-order valence-corrected chi connectivity index (χ4v) is 3.35. The molecule has 1 aromatic heterocycles. The van der Waals surface area contributed by atoms with E-state index in [0.29, 0.717) is 34.7 Å². The largest absolute Gasteiger partial charge is 0.508 e. The minimum Gasteiger partial charge on any atom is -0.508 e. The van der Waals surface area contributed by atoms with Gasteiger partial charge in [0, 0.05) is 23.2 Å². The molecule has 0 fully saturated rings. The van der Waals surface area contributed by atoms with Crippen LogP contribution in [0, 0.1) is 0 Å². The maximum Gasteiger partial charge on any atom is 0.338 e. The Kier molecular flexibility index (Phi) is 6.03. The number of hydrogen-bond donors (Lipinski definition) is 4. The summed E-state index contributed by atoms with van der Waals surface area (Å²) < 4.78 is 5.11. The molecule has 0 aliphatic rings. The summed E-state index contributed by atoms with van der Waals surface area (Å²) in [6.07, 6.45) is 1.26. The lowest BCUT2D eigenvalue weighted by Crippen LogP contribution is -2.12. The van der Waals surface area contributed by atoms with Gasteiger partial charge >= 0.3 is 5.97 Å². The van der Waals surface area contributed by atoms with Gasteiger partial charge in [0.25, 0.3) is 5.91 Å². The number of nitrogens with one attached hydrogen (secondary N) is 2. The molecule has 1 amide bonds. The molecule has 0 saturated carbocycles. The highest BCUT2D eigenvalue weighted by Crippen LogP contribution is 2.28. The monoisotopic (exact) mass is 444 g/mol. The van der Waals surface area contributed by atoms with Gasteiger partial charge in [-0.3, -0.25) is 4.79 Å². The van der Waals surface area contributed by atoms with Gasteiger partial charge < -0.3 is 25.6 Å². The Balaban J connectivity index is 1.51. The lowest BCUT2D eigenvalue weighted by atomic mass is 10.1. The summed E-state index contributed by atoms with van der Waals surface area (Å²) in [7, 11) is 1.56. The predicted octanol–water partition coefficient (Wildman–Crippen LogP) is 3.91. The Morgan fingerprint density at radius 1 is 1.03 bits per heavy atom. The van der Waals surface area contributed by atoms with Crippen LogP contribution in [0.3, 0.4) is 0 Å². The topological polar surface area (TPSA) is 134 Å². The van der Waals surface area contributed by atoms with Crippen LogP contribution in [0.5, 0.6) is 11.5 Å². The third kappa shape index (κ3) is 4.82. The second kappa shape index (κ2) is 9.23. The molecule has 0 radical (unpaired) electrons. The van der Waals surface area contributed by atoms with Gasteiger partial charge in [-0.05, 0) is 54.1 Å². The molecule has 0 saturated heterocycles. The Bertz CT molecular complexity index is 1340. The van der Waals surface area contributed by atoms with E-state index in [1.807, 2.05) is 18.2 Å². The number of carboxylic acids is 1. The van der Waals surface area contributed by atoms with Crippen molar-refractivity contribution in [3.05, 3.63) is 83.7 Å². The number of ether oxygens (including phenoxy) is 1. The van der Waals surface area contributed by atoms with Crippen LogP contribution in [0.1, 0.15) is 26.3 Å². The van der Waals surface area contributed by atoms with E-state index in [1.54, 1.807) is 37.4 Å². The number of hydrogen-bond acceptors (Lipinski definition) is 7.